The van der Waals surface area contributed by atoms with Crippen LogP contribution in [0, 0.1) is 11.8 Å². The highest BCUT2D eigenvalue weighted by Gasteiger charge is 2.42. The molecule has 4 atom stereocenters. The summed E-state index contributed by atoms with van der Waals surface area (Å²) >= 11 is 16.6. The summed E-state index contributed by atoms with van der Waals surface area (Å²) in [6, 6.07) is 24.7. The number of thiocarbonyl (C=S) groups is 1. The molecule has 6 rings (SSSR count). The fourth-order valence-electron chi connectivity index (χ4n) is 6.19. The van der Waals surface area contributed by atoms with Crippen molar-refractivity contribution in [2.45, 2.75) is 32.4 Å². The Hall–Kier alpha value is -2.87. The number of hydrogen-bond donors (Lipinski definition) is 1. The van der Waals surface area contributed by atoms with Gasteiger partial charge in [-0.2, -0.15) is 0 Å². The van der Waals surface area contributed by atoms with E-state index in [-0.39, 0.29) is 12.1 Å². The van der Waals surface area contributed by atoms with E-state index < -0.39 is 0 Å². The topological polar surface area (TPSA) is 36.3 Å². The molecule has 0 spiro atoms. The molecule has 0 bridgehead atoms. The van der Waals surface area contributed by atoms with Gasteiger partial charge < -0.3 is 19.7 Å². The number of hydrogen-bond acceptors (Lipinski definition) is 3. The highest BCUT2D eigenvalue weighted by Crippen LogP contribution is 2.44. The Kier molecular flexibility index (Phi) is 7.40. The molecule has 1 N–H and O–H groups in total. The Balaban J connectivity index is 1.43. The number of pyridine rings is 1. The lowest BCUT2D eigenvalue weighted by molar-refractivity contribution is 0.357. The van der Waals surface area contributed by atoms with Crippen LogP contribution in [0.5, 0.6) is 0 Å². The van der Waals surface area contributed by atoms with E-state index in [4.69, 9.17) is 28.8 Å². The van der Waals surface area contributed by atoms with E-state index in [0.29, 0.717) is 16.9 Å². The Bertz CT molecular complexity index is 1480. The minimum Gasteiger partial charge on any atom is -0.370 e. The van der Waals surface area contributed by atoms with Gasteiger partial charge in [0.05, 0.1) is 22.4 Å². The van der Waals surface area contributed by atoms with Crippen LogP contribution in [-0.2, 0) is 0 Å². The molecule has 2 aromatic heterocycles. The molecule has 2 saturated heterocycles. The van der Waals surface area contributed by atoms with Crippen molar-refractivity contribution in [3.8, 4) is 5.69 Å². The molecular formula is C31H31BrClN5S. The predicted octanol–water partition coefficient (Wildman–Crippen LogP) is 7.95. The summed E-state index contributed by atoms with van der Waals surface area (Å²) in [7, 11) is 0. The third kappa shape index (κ3) is 5.20. The molecule has 200 valence electrons. The maximum atomic E-state index is 7.00. The van der Waals surface area contributed by atoms with E-state index in [1.54, 1.807) is 0 Å². The number of rotatable bonds is 5. The predicted molar refractivity (Wildman–Crippen MR) is 168 cm³/mol. The molecule has 8 heteroatoms. The molecule has 4 heterocycles. The van der Waals surface area contributed by atoms with Crippen molar-refractivity contribution in [2.75, 3.05) is 22.9 Å². The van der Waals surface area contributed by atoms with Gasteiger partial charge in [-0.1, -0.05) is 53.5 Å². The standard InChI is InChI=1S/C31H31BrClN5S/c1-20-15-21(2)19-36(18-20)27-12-11-24(17-25(27)33)38-30(29(35-31(38)39)26-9-3-4-13-34-26)28-10-6-14-37(28)23-8-5-7-22(32)16-23/h3-14,16-17,20-21,29-30H,15,18-19H2,1-2H3,(H,35,39)/t20-,21+,29-,30+/m0/s1. The highest BCUT2D eigenvalue weighted by molar-refractivity contribution is 9.10. The van der Waals surface area contributed by atoms with Crippen LogP contribution < -0.4 is 15.1 Å². The summed E-state index contributed by atoms with van der Waals surface area (Å²) in [6.07, 6.45) is 5.19. The smallest absolute Gasteiger partial charge is 0.174 e. The molecule has 0 amide bonds. The molecule has 2 aliphatic heterocycles. The zero-order valence-electron chi connectivity index (χ0n) is 22.0. The molecule has 4 aromatic rings. The quantitative estimate of drug-likeness (QED) is 0.229. The average molecular weight is 621 g/mol. The van der Waals surface area contributed by atoms with Crippen molar-refractivity contribution >= 4 is 56.2 Å². The molecule has 2 fully saturated rings. The lowest BCUT2D eigenvalue weighted by Gasteiger charge is -2.37. The Morgan fingerprint density at radius 3 is 2.49 bits per heavy atom. The molecule has 5 nitrogen and oxygen atoms in total. The van der Waals surface area contributed by atoms with E-state index in [2.05, 4.69) is 110 Å². The van der Waals surface area contributed by atoms with Gasteiger partial charge in [0, 0.05) is 47.0 Å². The first-order chi connectivity index (χ1) is 18.9. The summed E-state index contributed by atoms with van der Waals surface area (Å²) in [4.78, 5) is 9.33. The van der Waals surface area contributed by atoms with Gasteiger partial charge in [0.25, 0.3) is 0 Å². The van der Waals surface area contributed by atoms with Gasteiger partial charge in [-0.3, -0.25) is 4.98 Å². The van der Waals surface area contributed by atoms with Crippen molar-refractivity contribution in [3.05, 3.63) is 106 Å². The van der Waals surface area contributed by atoms with Crippen molar-refractivity contribution in [1.82, 2.24) is 14.9 Å². The third-order valence-corrected chi connectivity index (χ3v) is 8.80. The summed E-state index contributed by atoms with van der Waals surface area (Å²) in [5.41, 5.74) is 5.17. The summed E-state index contributed by atoms with van der Waals surface area (Å²) < 4.78 is 3.25. The Labute approximate surface area is 248 Å². The van der Waals surface area contributed by atoms with Gasteiger partial charge in [-0.25, -0.2) is 0 Å². The van der Waals surface area contributed by atoms with Crippen LogP contribution in [0.1, 0.15) is 43.7 Å². The van der Waals surface area contributed by atoms with E-state index in [9.17, 15) is 0 Å². The zero-order chi connectivity index (χ0) is 27.1. The molecule has 0 radical (unpaired) electrons. The molecule has 0 saturated carbocycles. The molecule has 0 aliphatic carbocycles. The first-order valence-electron chi connectivity index (χ1n) is 13.4. The van der Waals surface area contributed by atoms with Crippen molar-refractivity contribution in [2.24, 2.45) is 11.8 Å². The van der Waals surface area contributed by atoms with Crippen LogP contribution in [-0.4, -0.2) is 27.8 Å². The molecule has 2 aromatic carbocycles. The summed E-state index contributed by atoms with van der Waals surface area (Å²) in [6.45, 7) is 6.69. The van der Waals surface area contributed by atoms with Gasteiger partial charge >= 0.3 is 0 Å². The number of nitrogens with zero attached hydrogens (tertiary/aromatic N) is 4. The van der Waals surface area contributed by atoms with Crippen LogP contribution in [0.15, 0.2) is 89.7 Å². The van der Waals surface area contributed by atoms with Gasteiger partial charge in [-0.15, -0.1) is 0 Å². The highest BCUT2D eigenvalue weighted by atomic mass is 79.9. The van der Waals surface area contributed by atoms with Crippen molar-refractivity contribution in [3.63, 3.8) is 0 Å². The Morgan fingerprint density at radius 1 is 0.949 bits per heavy atom. The van der Waals surface area contributed by atoms with E-state index in [1.165, 1.54) is 6.42 Å². The van der Waals surface area contributed by atoms with Crippen LogP contribution in [0.2, 0.25) is 5.02 Å². The van der Waals surface area contributed by atoms with Gasteiger partial charge in [0.2, 0.25) is 0 Å². The first-order valence-corrected chi connectivity index (χ1v) is 15.0. The average Bonchev–Trinajstić information content (AvgIpc) is 3.53. The molecule has 39 heavy (non-hydrogen) atoms. The fourth-order valence-corrected chi connectivity index (χ4v) is 7.22. The summed E-state index contributed by atoms with van der Waals surface area (Å²) in [5.74, 6) is 1.29. The van der Waals surface area contributed by atoms with Crippen LogP contribution in [0.3, 0.4) is 0 Å². The largest absolute Gasteiger partial charge is 0.370 e. The lowest BCUT2D eigenvalue weighted by atomic mass is 9.91. The molecule has 0 unspecified atom stereocenters. The second kappa shape index (κ2) is 11.0. The first kappa shape index (κ1) is 26.4. The number of nitrogens with one attached hydrogen (secondary N) is 1. The van der Waals surface area contributed by atoms with Gasteiger partial charge in [-0.05, 0) is 91.1 Å². The number of anilines is 2. The number of benzene rings is 2. The SMILES string of the molecule is C[C@@H]1C[C@H](C)CN(c2ccc(N3C(=S)N[C@@H](c4ccccn4)[C@H]3c3cccn3-c3cccc(Br)c3)cc2Cl)C1. The fraction of sp³-hybridized carbons (Fsp3) is 0.290. The van der Waals surface area contributed by atoms with Gasteiger partial charge in [0.1, 0.15) is 6.04 Å². The second-order valence-electron chi connectivity index (χ2n) is 10.8. The van der Waals surface area contributed by atoms with Crippen LogP contribution in [0.4, 0.5) is 11.4 Å². The molecule has 2 aliphatic rings. The van der Waals surface area contributed by atoms with E-state index in [1.807, 2.05) is 24.4 Å². The molecular weight excluding hydrogens is 590 g/mol. The van der Waals surface area contributed by atoms with Crippen LogP contribution in [0.25, 0.3) is 5.69 Å². The van der Waals surface area contributed by atoms with Crippen molar-refractivity contribution in [1.29, 1.82) is 0 Å². The van der Waals surface area contributed by atoms with Gasteiger partial charge in [0.15, 0.2) is 5.11 Å². The second-order valence-corrected chi connectivity index (χ2v) is 12.5. The Morgan fingerprint density at radius 2 is 1.77 bits per heavy atom. The lowest BCUT2D eigenvalue weighted by Crippen LogP contribution is -2.38. The third-order valence-electron chi connectivity index (χ3n) is 7.69. The van der Waals surface area contributed by atoms with Crippen molar-refractivity contribution < 1.29 is 0 Å². The zero-order valence-corrected chi connectivity index (χ0v) is 25.1. The summed E-state index contributed by atoms with van der Waals surface area (Å²) in [5, 5.41) is 4.98. The number of halogens is 2. The number of aromatic nitrogens is 2. The maximum absolute atomic E-state index is 7.00. The minimum absolute atomic E-state index is 0.137. The minimum atomic E-state index is -0.140. The maximum Gasteiger partial charge on any atom is 0.174 e. The van der Waals surface area contributed by atoms with E-state index in [0.717, 1.165) is 51.0 Å². The van der Waals surface area contributed by atoms with E-state index >= 15 is 0 Å². The van der Waals surface area contributed by atoms with Crippen LogP contribution >= 0.6 is 39.7 Å². The normalized spacial score (nSPS) is 23.2. The number of piperidine rings is 1. The monoisotopic (exact) mass is 619 g/mol.